The molecule has 2 nitrogen and oxygen atoms in total. The fraction of sp³-hybridized carbons (Fsp3) is 0.571. The average Bonchev–Trinajstić information content (AvgIpc) is 2.16. The Balaban J connectivity index is 2.52. The maximum atomic E-state index is 5.23. The smallest absolute Gasteiger partial charge is 0.121 e. The standard InChI is InChI=1S/C14H23NO/c1-11-10-12(6-7-13(11)16-5)15-9-8-14(2,3)4/h6-7,10,15H,8-9H2,1-5H3. The van der Waals surface area contributed by atoms with Crippen molar-refractivity contribution in [1.82, 2.24) is 0 Å². The highest BCUT2D eigenvalue weighted by Crippen LogP contribution is 2.22. The van der Waals surface area contributed by atoms with E-state index >= 15 is 0 Å². The normalized spacial score (nSPS) is 11.3. The number of anilines is 1. The minimum Gasteiger partial charge on any atom is -0.496 e. The summed E-state index contributed by atoms with van der Waals surface area (Å²) in [6.45, 7) is 9.85. The molecule has 0 aliphatic carbocycles. The second-order valence-corrected chi connectivity index (χ2v) is 5.42. The summed E-state index contributed by atoms with van der Waals surface area (Å²) >= 11 is 0. The molecule has 2 heteroatoms. The molecule has 16 heavy (non-hydrogen) atoms. The summed E-state index contributed by atoms with van der Waals surface area (Å²) in [7, 11) is 1.70. The van der Waals surface area contributed by atoms with E-state index in [1.165, 1.54) is 11.3 Å². The fourth-order valence-corrected chi connectivity index (χ4v) is 1.57. The molecule has 0 saturated heterocycles. The van der Waals surface area contributed by atoms with Crippen LogP contribution in [0.2, 0.25) is 0 Å². The fourth-order valence-electron chi connectivity index (χ4n) is 1.57. The molecule has 0 aliphatic rings. The molecule has 1 rings (SSSR count). The lowest BCUT2D eigenvalue weighted by atomic mass is 9.92. The molecule has 0 amide bonds. The number of aryl methyl sites for hydroxylation is 1. The molecule has 0 saturated carbocycles. The molecule has 0 aromatic heterocycles. The first-order valence-corrected chi connectivity index (χ1v) is 5.81. The maximum Gasteiger partial charge on any atom is 0.121 e. The molecule has 1 aromatic rings. The third-order valence-corrected chi connectivity index (χ3v) is 2.60. The predicted molar refractivity (Wildman–Crippen MR) is 70.3 cm³/mol. The summed E-state index contributed by atoms with van der Waals surface area (Å²) in [6.07, 6.45) is 1.16. The van der Waals surface area contributed by atoms with Gasteiger partial charge in [-0.3, -0.25) is 0 Å². The molecule has 0 bridgehead atoms. The number of methoxy groups -OCH3 is 1. The Hall–Kier alpha value is -1.18. The minimum atomic E-state index is 0.383. The van der Waals surface area contributed by atoms with E-state index in [1.54, 1.807) is 7.11 Å². The van der Waals surface area contributed by atoms with Crippen LogP contribution >= 0.6 is 0 Å². The van der Waals surface area contributed by atoms with Crippen molar-refractivity contribution in [1.29, 1.82) is 0 Å². The van der Waals surface area contributed by atoms with Crippen molar-refractivity contribution in [2.24, 2.45) is 5.41 Å². The second-order valence-electron chi connectivity index (χ2n) is 5.42. The van der Waals surface area contributed by atoms with Crippen LogP contribution in [0, 0.1) is 12.3 Å². The zero-order valence-electron chi connectivity index (χ0n) is 11.1. The van der Waals surface area contributed by atoms with Gasteiger partial charge in [0.05, 0.1) is 7.11 Å². The number of hydrogen-bond donors (Lipinski definition) is 1. The quantitative estimate of drug-likeness (QED) is 0.833. The summed E-state index contributed by atoms with van der Waals surface area (Å²) < 4.78 is 5.23. The van der Waals surface area contributed by atoms with Gasteiger partial charge < -0.3 is 10.1 Å². The van der Waals surface area contributed by atoms with Gasteiger partial charge in [-0.1, -0.05) is 20.8 Å². The van der Waals surface area contributed by atoms with Crippen molar-refractivity contribution in [2.45, 2.75) is 34.1 Å². The van der Waals surface area contributed by atoms with Crippen molar-refractivity contribution >= 4 is 5.69 Å². The summed E-state index contributed by atoms with van der Waals surface area (Å²) in [5.41, 5.74) is 2.72. The van der Waals surface area contributed by atoms with Crippen LogP contribution in [0.4, 0.5) is 5.69 Å². The first-order chi connectivity index (χ1) is 7.42. The van der Waals surface area contributed by atoms with E-state index in [0.717, 1.165) is 18.7 Å². The van der Waals surface area contributed by atoms with E-state index in [2.05, 4.69) is 45.1 Å². The first kappa shape index (κ1) is 12.9. The number of ether oxygens (including phenoxy) is 1. The lowest BCUT2D eigenvalue weighted by Crippen LogP contribution is -2.12. The Morgan fingerprint density at radius 3 is 2.44 bits per heavy atom. The Labute approximate surface area is 99.0 Å². The van der Waals surface area contributed by atoms with Crippen molar-refractivity contribution in [3.8, 4) is 5.75 Å². The van der Waals surface area contributed by atoms with Gasteiger partial charge in [-0.05, 0) is 42.5 Å². The zero-order chi connectivity index (χ0) is 12.2. The maximum absolute atomic E-state index is 5.23. The van der Waals surface area contributed by atoms with Crippen LogP contribution in [-0.2, 0) is 0 Å². The lowest BCUT2D eigenvalue weighted by molar-refractivity contribution is 0.389. The minimum absolute atomic E-state index is 0.383. The Bertz CT molecular complexity index is 339. The molecular formula is C14H23NO. The molecular weight excluding hydrogens is 198 g/mol. The highest BCUT2D eigenvalue weighted by molar-refractivity contribution is 5.50. The molecule has 0 unspecified atom stereocenters. The van der Waals surface area contributed by atoms with Crippen LogP contribution in [0.15, 0.2) is 18.2 Å². The molecule has 0 fully saturated rings. The summed E-state index contributed by atoms with van der Waals surface area (Å²) in [6, 6.07) is 6.20. The van der Waals surface area contributed by atoms with Crippen LogP contribution in [0.3, 0.4) is 0 Å². The number of benzene rings is 1. The van der Waals surface area contributed by atoms with E-state index in [1.807, 2.05) is 6.07 Å². The van der Waals surface area contributed by atoms with Gasteiger partial charge in [0.15, 0.2) is 0 Å². The third-order valence-electron chi connectivity index (χ3n) is 2.60. The van der Waals surface area contributed by atoms with Gasteiger partial charge in [0.25, 0.3) is 0 Å². The Morgan fingerprint density at radius 1 is 1.25 bits per heavy atom. The van der Waals surface area contributed by atoms with Crippen LogP contribution in [0.5, 0.6) is 5.75 Å². The second kappa shape index (κ2) is 5.24. The first-order valence-electron chi connectivity index (χ1n) is 5.81. The Morgan fingerprint density at radius 2 is 1.94 bits per heavy atom. The van der Waals surface area contributed by atoms with E-state index in [9.17, 15) is 0 Å². The highest BCUT2D eigenvalue weighted by Gasteiger charge is 2.09. The van der Waals surface area contributed by atoms with Crippen LogP contribution < -0.4 is 10.1 Å². The van der Waals surface area contributed by atoms with Crippen molar-refractivity contribution in [3.05, 3.63) is 23.8 Å². The van der Waals surface area contributed by atoms with Crippen LogP contribution in [-0.4, -0.2) is 13.7 Å². The number of rotatable bonds is 4. The van der Waals surface area contributed by atoms with E-state index in [0.29, 0.717) is 5.41 Å². The van der Waals surface area contributed by atoms with Gasteiger partial charge in [0, 0.05) is 12.2 Å². The van der Waals surface area contributed by atoms with Crippen LogP contribution in [0.25, 0.3) is 0 Å². The largest absolute Gasteiger partial charge is 0.496 e. The number of hydrogen-bond acceptors (Lipinski definition) is 2. The molecule has 0 heterocycles. The van der Waals surface area contributed by atoms with Crippen molar-refractivity contribution in [2.75, 3.05) is 19.0 Å². The zero-order valence-corrected chi connectivity index (χ0v) is 11.1. The molecule has 1 N–H and O–H groups in total. The average molecular weight is 221 g/mol. The molecule has 90 valence electrons. The number of nitrogens with one attached hydrogen (secondary N) is 1. The van der Waals surface area contributed by atoms with E-state index in [-0.39, 0.29) is 0 Å². The van der Waals surface area contributed by atoms with Gasteiger partial charge in [-0.15, -0.1) is 0 Å². The molecule has 0 aliphatic heterocycles. The summed E-state index contributed by atoms with van der Waals surface area (Å²) in [4.78, 5) is 0. The van der Waals surface area contributed by atoms with Gasteiger partial charge in [-0.2, -0.15) is 0 Å². The van der Waals surface area contributed by atoms with E-state index in [4.69, 9.17) is 4.74 Å². The van der Waals surface area contributed by atoms with Crippen molar-refractivity contribution < 1.29 is 4.74 Å². The Kier molecular flexibility index (Phi) is 4.22. The highest BCUT2D eigenvalue weighted by atomic mass is 16.5. The predicted octanol–water partition coefficient (Wildman–Crippen LogP) is 3.85. The van der Waals surface area contributed by atoms with Gasteiger partial charge in [0.2, 0.25) is 0 Å². The summed E-state index contributed by atoms with van der Waals surface area (Å²) in [5, 5.41) is 3.44. The molecule has 0 atom stereocenters. The molecule has 0 radical (unpaired) electrons. The van der Waals surface area contributed by atoms with E-state index < -0.39 is 0 Å². The van der Waals surface area contributed by atoms with Gasteiger partial charge >= 0.3 is 0 Å². The van der Waals surface area contributed by atoms with Gasteiger partial charge in [0.1, 0.15) is 5.75 Å². The molecule has 1 aromatic carbocycles. The third kappa shape index (κ3) is 4.13. The monoisotopic (exact) mass is 221 g/mol. The lowest BCUT2D eigenvalue weighted by Gasteiger charge is -2.18. The topological polar surface area (TPSA) is 21.3 Å². The summed E-state index contributed by atoms with van der Waals surface area (Å²) in [5.74, 6) is 0.946. The van der Waals surface area contributed by atoms with Crippen molar-refractivity contribution in [3.63, 3.8) is 0 Å². The SMILES string of the molecule is COc1ccc(NCCC(C)(C)C)cc1C. The van der Waals surface area contributed by atoms with Gasteiger partial charge in [-0.25, -0.2) is 0 Å². The van der Waals surface area contributed by atoms with Crippen LogP contribution in [0.1, 0.15) is 32.8 Å². The molecule has 0 spiro atoms.